The van der Waals surface area contributed by atoms with Gasteiger partial charge in [-0.15, -0.1) is 0 Å². The van der Waals surface area contributed by atoms with Gasteiger partial charge in [0.2, 0.25) is 0 Å². The van der Waals surface area contributed by atoms with Gasteiger partial charge in [0.15, 0.2) is 0 Å². The number of thioether (sulfide) groups is 1. The molecule has 4 heteroatoms. The van der Waals surface area contributed by atoms with E-state index in [1.54, 1.807) is 6.92 Å². The minimum absolute atomic E-state index is 0.438. The van der Waals surface area contributed by atoms with Crippen LogP contribution in [0.4, 0.5) is 4.79 Å². The van der Waals surface area contributed by atoms with E-state index in [9.17, 15) is 4.79 Å². The Kier molecular flexibility index (Phi) is 2.95. The van der Waals surface area contributed by atoms with Crippen LogP contribution in [-0.2, 0) is 0 Å². The Bertz CT molecular complexity index is 87.1. The zero-order valence-corrected chi connectivity index (χ0v) is 5.30. The first-order valence-electron chi connectivity index (χ1n) is 1.54. The molecule has 0 fully saturated rings. The molecule has 0 heterocycles. The van der Waals surface area contributed by atoms with Gasteiger partial charge in [0.05, 0.1) is 4.20 Å². The van der Waals surface area contributed by atoms with Gasteiger partial charge in [0.25, 0.3) is 0 Å². The Morgan fingerprint density at radius 3 is 2.29 bits per heavy atom. The molecule has 1 N–H and O–H groups in total. The van der Waals surface area contributed by atoms with E-state index in [0.717, 1.165) is 0 Å². The van der Waals surface area contributed by atoms with E-state index in [-0.39, 0.29) is 0 Å². The maximum Gasteiger partial charge on any atom is 0.370 e. The van der Waals surface area contributed by atoms with Crippen LogP contribution in [0.15, 0.2) is 0 Å². The molecule has 0 aromatic heterocycles. The van der Waals surface area contributed by atoms with Crippen molar-refractivity contribution in [1.29, 1.82) is 0 Å². The Morgan fingerprint density at radius 2 is 2.29 bits per heavy atom. The summed E-state index contributed by atoms with van der Waals surface area (Å²) in [5, 5.41) is 7.02. The zero-order valence-electron chi connectivity index (χ0n) is 3.67. The normalized spacial score (nSPS) is 8.14. The van der Waals surface area contributed by atoms with Crippen LogP contribution in [-0.4, -0.2) is 14.6 Å². The van der Waals surface area contributed by atoms with E-state index >= 15 is 0 Å². The molecule has 0 amide bonds. The Hall–Kier alpha value is -0.0900. The number of hydrogen-bond acceptors (Lipinski definition) is 3. The quantitative estimate of drug-likeness (QED) is 0.515. The molecule has 40 valence electrons. The lowest BCUT2D eigenvalue weighted by Gasteiger charge is -1.83. The zero-order chi connectivity index (χ0) is 5.86. The van der Waals surface area contributed by atoms with Gasteiger partial charge in [0.1, 0.15) is 0 Å². The average Bonchev–Trinajstić information content (AvgIpc) is 1.27. The molecule has 2 nitrogen and oxygen atoms in total. The molecule has 0 unspecified atom stereocenters. The Morgan fingerprint density at radius 1 is 1.86 bits per heavy atom. The molecule has 0 aromatic carbocycles. The Labute approximate surface area is 50.9 Å². The molecular weight excluding hydrogens is 132 g/mol. The lowest BCUT2D eigenvalue weighted by Crippen LogP contribution is -1.86. The highest BCUT2D eigenvalue weighted by Crippen LogP contribution is 2.02. The van der Waals surface area contributed by atoms with Gasteiger partial charge in [-0.05, 0) is 18.7 Å². The molecular formula is C3H4O2S2. The molecule has 0 saturated carbocycles. The second-order valence-corrected chi connectivity index (χ2v) is 2.90. The topological polar surface area (TPSA) is 37.3 Å². The summed E-state index contributed by atoms with van der Waals surface area (Å²) in [6, 6.07) is 0. The predicted octanol–water partition coefficient (Wildman–Crippen LogP) is 1.74. The molecule has 0 radical (unpaired) electrons. The fraction of sp³-hybridized carbons (Fsp3) is 0.333. The number of thiocarbonyl (C=S) groups is 1. The summed E-state index contributed by atoms with van der Waals surface area (Å²) in [6.45, 7) is 1.58. The standard InChI is InChI=1S/C3H4O2S2/c1-2(6)7-3(4)5/h1H3,(H,4,5). The van der Waals surface area contributed by atoms with Crippen molar-refractivity contribution in [3.05, 3.63) is 0 Å². The van der Waals surface area contributed by atoms with Crippen LogP contribution in [0.25, 0.3) is 0 Å². The highest BCUT2D eigenvalue weighted by molar-refractivity contribution is 8.32. The number of rotatable bonds is 0. The van der Waals surface area contributed by atoms with Crippen molar-refractivity contribution in [3.8, 4) is 0 Å². The maximum atomic E-state index is 9.69. The minimum atomic E-state index is -0.937. The highest BCUT2D eigenvalue weighted by Gasteiger charge is 1.95. The lowest BCUT2D eigenvalue weighted by atomic mass is 11.0. The summed E-state index contributed by atoms with van der Waals surface area (Å²) in [5.41, 5.74) is 0. The molecule has 0 atom stereocenters. The molecule has 0 saturated heterocycles. The first-order chi connectivity index (χ1) is 3.13. The van der Waals surface area contributed by atoms with Crippen LogP contribution in [0.5, 0.6) is 0 Å². The SMILES string of the molecule is CC(=S)SC(=O)O. The van der Waals surface area contributed by atoms with E-state index in [4.69, 9.17) is 5.11 Å². The summed E-state index contributed by atoms with van der Waals surface area (Å²) >= 11 is 5.11. The lowest BCUT2D eigenvalue weighted by molar-refractivity contribution is 0.222. The summed E-state index contributed by atoms with van der Waals surface area (Å²) in [5.74, 6) is 0. The van der Waals surface area contributed by atoms with Gasteiger partial charge in [0, 0.05) is 0 Å². The Balaban J connectivity index is 3.32. The fourth-order valence-corrected chi connectivity index (χ4v) is 0.583. The largest absolute Gasteiger partial charge is 0.473 e. The third-order valence-corrected chi connectivity index (χ3v) is 0.943. The van der Waals surface area contributed by atoms with Crippen LogP contribution < -0.4 is 0 Å². The molecule has 0 aromatic rings. The van der Waals surface area contributed by atoms with Gasteiger partial charge in [-0.3, -0.25) is 0 Å². The summed E-state index contributed by atoms with van der Waals surface area (Å²) in [4.78, 5) is 9.69. The molecule has 0 bridgehead atoms. The van der Waals surface area contributed by atoms with Gasteiger partial charge in [-0.25, -0.2) is 4.79 Å². The van der Waals surface area contributed by atoms with Crippen molar-refractivity contribution >= 4 is 33.5 Å². The predicted molar refractivity (Wildman–Crippen MR) is 33.9 cm³/mol. The van der Waals surface area contributed by atoms with Crippen LogP contribution in [0.1, 0.15) is 6.92 Å². The highest BCUT2D eigenvalue weighted by atomic mass is 32.2. The third kappa shape index (κ3) is 5.91. The van der Waals surface area contributed by atoms with E-state index in [1.807, 2.05) is 0 Å². The van der Waals surface area contributed by atoms with Crippen LogP contribution in [0, 0.1) is 0 Å². The van der Waals surface area contributed by atoms with Gasteiger partial charge in [-0.2, -0.15) is 0 Å². The van der Waals surface area contributed by atoms with E-state index < -0.39 is 5.30 Å². The van der Waals surface area contributed by atoms with E-state index in [1.165, 1.54) is 0 Å². The molecule has 7 heavy (non-hydrogen) atoms. The van der Waals surface area contributed by atoms with Crippen molar-refractivity contribution in [2.24, 2.45) is 0 Å². The van der Waals surface area contributed by atoms with Gasteiger partial charge < -0.3 is 5.11 Å². The third-order valence-electron chi connectivity index (χ3n) is 0.231. The van der Waals surface area contributed by atoms with Crippen LogP contribution in [0.2, 0.25) is 0 Å². The smallest absolute Gasteiger partial charge is 0.370 e. The first-order valence-corrected chi connectivity index (χ1v) is 2.76. The van der Waals surface area contributed by atoms with E-state index in [0.29, 0.717) is 16.0 Å². The first kappa shape index (κ1) is 6.91. The second kappa shape index (κ2) is 2.98. The molecule has 0 aliphatic rings. The summed E-state index contributed by atoms with van der Waals surface area (Å²) in [6.07, 6.45) is 0. The average molecular weight is 136 g/mol. The van der Waals surface area contributed by atoms with Gasteiger partial charge in [-0.1, -0.05) is 12.2 Å². The monoisotopic (exact) mass is 136 g/mol. The van der Waals surface area contributed by atoms with E-state index in [2.05, 4.69) is 12.2 Å². The van der Waals surface area contributed by atoms with Crippen molar-refractivity contribution < 1.29 is 9.90 Å². The maximum absolute atomic E-state index is 9.69. The molecule has 0 aliphatic heterocycles. The van der Waals surface area contributed by atoms with Gasteiger partial charge >= 0.3 is 5.30 Å². The molecule has 0 spiro atoms. The summed E-state index contributed by atoms with van der Waals surface area (Å²) in [7, 11) is 0. The van der Waals surface area contributed by atoms with Crippen molar-refractivity contribution in [2.75, 3.05) is 0 Å². The van der Waals surface area contributed by atoms with Crippen molar-refractivity contribution in [3.63, 3.8) is 0 Å². The second-order valence-electron chi connectivity index (χ2n) is 0.860. The molecule has 0 aliphatic carbocycles. The number of carboxylic acid groups (broad SMARTS) is 1. The number of hydrogen-bond donors (Lipinski definition) is 1. The van der Waals surface area contributed by atoms with Crippen LogP contribution >= 0.6 is 24.0 Å². The summed E-state index contributed by atoms with van der Waals surface area (Å²) < 4.78 is 0.438. The fourth-order valence-electron chi connectivity index (χ4n) is 0.123. The minimum Gasteiger partial charge on any atom is -0.473 e. The number of carbonyl (C=O) groups is 1. The van der Waals surface area contributed by atoms with Crippen molar-refractivity contribution in [1.82, 2.24) is 0 Å². The van der Waals surface area contributed by atoms with Crippen LogP contribution in [0.3, 0.4) is 0 Å². The van der Waals surface area contributed by atoms with Crippen molar-refractivity contribution in [2.45, 2.75) is 6.92 Å². The molecule has 0 rings (SSSR count).